The number of nitrogens with one attached hydrogen (secondary N) is 1. The van der Waals surface area contributed by atoms with E-state index >= 15 is 0 Å². The monoisotopic (exact) mass is 330 g/mol. The van der Waals surface area contributed by atoms with E-state index in [0.717, 1.165) is 0 Å². The minimum Gasteiger partial charge on any atom is -0.314 e. The topological polar surface area (TPSA) is 15.3 Å². The van der Waals surface area contributed by atoms with Crippen molar-refractivity contribution >= 4 is 12.4 Å². The number of halogens is 6. The molecule has 1 aromatic rings. The van der Waals surface area contributed by atoms with Crippen LogP contribution in [0.25, 0.3) is 0 Å². The van der Waals surface area contributed by atoms with E-state index in [1.165, 1.54) is 0 Å². The first-order chi connectivity index (χ1) is 9.49. The molecule has 2 rings (SSSR count). The van der Waals surface area contributed by atoms with Crippen LogP contribution in [-0.2, 0) is 0 Å². The molecular formula is C13H16ClF5N2. The Morgan fingerprint density at radius 3 is 2.05 bits per heavy atom. The van der Waals surface area contributed by atoms with Crippen LogP contribution in [0.5, 0.6) is 0 Å². The van der Waals surface area contributed by atoms with E-state index in [9.17, 15) is 22.0 Å². The van der Waals surface area contributed by atoms with Crippen molar-refractivity contribution in [2.75, 3.05) is 26.2 Å². The van der Waals surface area contributed by atoms with Gasteiger partial charge in [0.05, 0.1) is 0 Å². The van der Waals surface area contributed by atoms with Crippen molar-refractivity contribution < 1.29 is 22.0 Å². The summed E-state index contributed by atoms with van der Waals surface area (Å²) in [5.74, 6) is -3.29. The third kappa shape index (κ3) is 4.52. The summed E-state index contributed by atoms with van der Waals surface area (Å²) in [5, 5.41) is 3.04. The van der Waals surface area contributed by atoms with Crippen molar-refractivity contribution in [3.05, 3.63) is 35.1 Å². The van der Waals surface area contributed by atoms with Gasteiger partial charge in [0.1, 0.15) is 17.5 Å². The Balaban J connectivity index is 0.00000220. The van der Waals surface area contributed by atoms with Gasteiger partial charge in [-0.25, -0.2) is 22.0 Å². The van der Waals surface area contributed by atoms with Crippen LogP contribution in [0.1, 0.15) is 18.0 Å². The highest BCUT2D eigenvalue weighted by molar-refractivity contribution is 5.85. The molecule has 0 saturated carbocycles. The number of nitrogens with zero attached hydrogens (tertiary/aromatic N) is 1. The summed E-state index contributed by atoms with van der Waals surface area (Å²) in [6, 6.07) is -0.0317. The Kier molecular flexibility index (Phi) is 6.83. The number of benzene rings is 1. The molecule has 1 saturated heterocycles. The van der Waals surface area contributed by atoms with Gasteiger partial charge in [0.15, 0.2) is 0 Å². The lowest BCUT2D eigenvalue weighted by molar-refractivity contribution is 0.0709. The fourth-order valence-electron chi connectivity index (χ4n) is 2.48. The number of piperazine rings is 1. The van der Waals surface area contributed by atoms with E-state index in [4.69, 9.17) is 0 Å². The van der Waals surface area contributed by atoms with Gasteiger partial charge in [-0.15, -0.1) is 12.4 Å². The first-order valence-corrected chi connectivity index (χ1v) is 6.36. The molecule has 1 heterocycles. The maximum absolute atomic E-state index is 13.8. The quantitative estimate of drug-likeness (QED) is 0.853. The summed E-state index contributed by atoms with van der Waals surface area (Å²) in [5.41, 5.74) is -0.478. The smallest absolute Gasteiger partial charge is 0.240 e. The van der Waals surface area contributed by atoms with Crippen LogP contribution < -0.4 is 5.32 Å². The molecule has 1 aliphatic heterocycles. The highest BCUT2D eigenvalue weighted by Crippen LogP contribution is 2.32. The number of alkyl halides is 2. The molecule has 0 bridgehead atoms. The normalized spacial score (nSPS) is 17.6. The number of hydrogen-bond acceptors (Lipinski definition) is 2. The third-order valence-electron chi connectivity index (χ3n) is 3.37. The largest absolute Gasteiger partial charge is 0.314 e. The second kappa shape index (κ2) is 7.91. The summed E-state index contributed by atoms with van der Waals surface area (Å²) in [7, 11) is 0. The van der Waals surface area contributed by atoms with Crippen LogP contribution in [0, 0.1) is 17.5 Å². The minimum absolute atomic E-state index is 0. The Bertz CT molecular complexity index is 443. The second-order valence-electron chi connectivity index (χ2n) is 4.71. The van der Waals surface area contributed by atoms with Gasteiger partial charge in [-0.05, 0) is 0 Å². The summed E-state index contributed by atoms with van der Waals surface area (Å²) >= 11 is 0. The van der Waals surface area contributed by atoms with Gasteiger partial charge in [0.2, 0.25) is 6.43 Å². The lowest BCUT2D eigenvalue weighted by atomic mass is 10.00. The first kappa shape index (κ1) is 18.1. The zero-order valence-corrected chi connectivity index (χ0v) is 11.9. The van der Waals surface area contributed by atoms with Crippen molar-refractivity contribution in [3.63, 3.8) is 0 Å². The van der Waals surface area contributed by atoms with Gasteiger partial charge in [0.25, 0.3) is 0 Å². The van der Waals surface area contributed by atoms with Crippen LogP contribution in [0.2, 0.25) is 0 Å². The molecule has 0 aliphatic carbocycles. The Labute approximate surface area is 125 Å². The predicted molar refractivity (Wildman–Crippen MR) is 71.4 cm³/mol. The molecular weight excluding hydrogens is 315 g/mol. The van der Waals surface area contributed by atoms with Gasteiger partial charge in [-0.1, -0.05) is 0 Å². The minimum atomic E-state index is -2.70. The fraction of sp³-hybridized carbons (Fsp3) is 0.538. The SMILES string of the molecule is Cl.Fc1cc(F)c([C@H](CC(F)F)N2CCNCC2)c(F)c1. The highest BCUT2D eigenvalue weighted by Gasteiger charge is 2.30. The van der Waals surface area contributed by atoms with E-state index in [0.29, 0.717) is 38.3 Å². The molecule has 120 valence electrons. The summed E-state index contributed by atoms with van der Waals surface area (Å²) in [6.07, 6.45) is -3.38. The highest BCUT2D eigenvalue weighted by atomic mass is 35.5. The second-order valence-corrected chi connectivity index (χ2v) is 4.71. The van der Waals surface area contributed by atoms with Crippen LogP contribution in [0.15, 0.2) is 12.1 Å². The Morgan fingerprint density at radius 1 is 1.05 bits per heavy atom. The molecule has 0 aromatic heterocycles. The van der Waals surface area contributed by atoms with E-state index in [-0.39, 0.29) is 12.4 Å². The molecule has 1 fully saturated rings. The summed E-state index contributed by atoms with van der Waals surface area (Å²) < 4.78 is 65.9. The summed E-state index contributed by atoms with van der Waals surface area (Å²) in [4.78, 5) is 1.60. The van der Waals surface area contributed by atoms with Gasteiger partial charge < -0.3 is 5.32 Å². The molecule has 8 heteroatoms. The average Bonchev–Trinajstić information content (AvgIpc) is 2.37. The van der Waals surface area contributed by atoms with E-state index in [1.54, 1.807) is 4.90 Å². The average molecular weight is 331 g/mol. The van der Waals surface area contributed by atoms with E-state index in [1.807, 2.05) is 0 Å². The standard InChI is InChI=1S/C13H15F5N2.ClH/c14-8-5-9(15)13(10(16)6-8)11(7-12(17)18)20-3-1-19-2-4-20;/h5-6,11-12,19H,1-4,7H2;1H/t11-;/m0./s1. The molecule has 0 radical (unpaired) electrons. The van der Waals surface area contributed by atoms with Crippen LogP contribution in [0.4, 0.5) is 22.0 Å². The molecule has 1 aliphatic rings. The van der Waals surface area contributed by atoms with Crippen LogP contribution in [0.3, 0.4) is 0 Å². The molecule has 0 unspecified atom stereocenters. The van der Waals surface area contributed by atoms with Crippen molar-refractivity contribution in [2.45, 2.75) is 18.9 Å². The zero-order valence-electron chi connectivity index (χ0n) is 11.1. The number of hydrogen-bond donors (Lipinski definition) is 1. The Hall–Kier alpha value is -0.920. The maximum atomic E-state index is 13.8. The van der Waals surface area contributed by atoms with Gasteiger partial charge >= 0.3 is 0 Å². The van der Waals surface area contributed by atoms with E-state index in [2.05, 4.69) is 5.32 Å². The Morgan fingerprint density at radius 2 is 1.57 bits per heavy atom. The first-order valence-electron chi connectivity index (χ1n) is 6.36. The van der Waals surface area contributed by atoms with Gasteiger partial charge in [-0.2, -0.15) is 0 Å². The molecule has 0 amide bonds. The molecule has 1 aromatic carbocycles. The molecule has 1 N–H and O–H groups in total. The fourth-order valence-corrected chi connectivity index (χ4v) is 2.48. The lowest BCUT2D eigenvalue weighted by Crippen LogP contribution is -2.46. The van der Waals surface area contributed by atoms with Crippen molar-refractivity contribution in [3.8, 4) is 0 Å². The van der Waals surface area contributed by atoms with Crippen LogP contribution >= 0.6 is 12.4 Å². The van der Waals surface area contributed by atoms with Gasteiger partial charge in [-0.3, -0.25) is 4.90 Å². The van der Waals surface area contributed by atoms with Crippen molar-refractivity contribution in [1.29, 1.82) is 0 Å². The van der Waals surface area contributed by atoms with Gasteiger partial charge in [0, 0.05) is 56.3 Å². The molecule has 2 nitrogen and oxygen atoms in total. The van der Waals surface area contributed by atoms with Crippen LogP contribution in [-0.4, -0.2) is 37.5 Å². The molecule has 1 atom stereocenters. The third-order valence-corrected chi connectivity index (χ3v) is 3.37. The predicted octanol–water partition coefficient (Wildman–Crippen LogP) is 3.13. The maximum Gasteiger partial charge on any atom is 0.240 e. The molecule has 21 heavy (non-hydrogen) atoms. The summed E-state index contributed by atoms with van der Waals surface area (Å²) in [6.45, 7) is 1.94. The molecule has 0 spiro atoms. The lowest BCUT2D eigenvalue weighted by Gasteiger charge is -2.35. The van der Waals surface area contributed by atoms with Crippen molar-refractivity contribution in [2.24, 2.45) is 0 Å². The van der Waals surface area contributed by atoms with E-state index < -0.39 is 41.9 Å². The number of rotatable bonds is 4. The zero-order chi connectivity index (χ0) is 14.7. The van der Waals surface area contributed by atoms with Crippen molar-refractivity contribution in [1.82, 2.24) is 10.2 Å².